The van der Waals surface area contributed by atoms with E-state index < -0.39 is 5.54 Å². The normalized spacial score (nSPS) is 21.3. The number of para-hydroxylation sites is 1. The van der Waals surface area contributed by atoms with E-state index in [1.54, 1.807) is 0 Å². The van der Waals surface area contributed by atoms with Crippen LogP contribution in [0.1, 0.15) is 76.2 Å². The van der Waals surface area contributed by atoms with Crippen molar-refractivity contribution >= 4 is 34.8 Å². The van der Waals surface area contributed by atoms with Crippen LogP contribution in [0, 0.1) is 0 Å². The van der Waals surface area contributed by atoms with Gasteiger partial charge in [0.2, 0.25) is 5.91 Å². The summed E-state index contributed by atoms with van der Waals surface area (Å²) in [6, 6.07) is 26.4. The van der Waals surface area contributed by atoms with Crippen LogP contribution in [-0.4, -0.2) is 47.0 Å². The van der Waals surface area contributed by atoms with Gasteiger partial charge in [-0.3, -0.25) is 4.79 Å². The molecule has 208 valence electrons. The first-order chi connectivity index (χ1) is 18.7. The second-order valence-electron chi connectivity index (χ2n) is 11.8. The minimum absolute atomic E-state index is 0. The number of halogens is 1. The highest BCUT2D eigenvalue weighted by Crippen LogP contribution is 2.41. The predicted molar refractivity (Wildman–Crippen MR) is 164 cm³/mol. The number of anilines is 1. The summed E-state index contributed by atoms with van der Waals surface area (Å²) in [5, 5.41) is 2.49. The molecule has 0 unspecified atom stereocenters. The van der Waals surface area contributed by atoms with E-state index in [4.69, 9.17) is 0 Å². The Kier molecular flexibility index (Phi) is 9.14. The molecule has 3 fully saturated rings. The Morgan fingerprint density at radius 3 is 2.05 bits per heavy atom. The zero-order valence-electron chi connectivity index (χ0n) is 23.3. The summed E-state index contributed by atoms with van der Waals surface area (Å²) >= 11 is 0. The SMILES string of the molecule is Cl.O=C1N(Cc2cccc3ccccc23)CN(c2ccccc2)C12CCN(C1CCCCCCCCC1)CC2. The van der Waals surface area contributed by atoms with Gasteiger partial charge in [-0.2, -0.15) is 0 Å². The summed E-state index contributed by atoms with van der Waals surface area (Å²) in [5.41, 5.74) is 1.98. The Labute approximate surface area is 240 Å². The van der Waals surface area contributed by atoms with Crippen molar-refractivity contribution < 1.29 is 4.79 Å². The number of carbonyl (C=O) groups excluding carboxylic acids is 1. The first-order valence-corrected chi connectivity index (χ1v) is 15.1. The van der Waals surface area contributed by atoms with Gasteiger partial charge in [0.05, 0.1) is 6.67 Å². The number of carbonyl (C=O) groups is 1. The van der Waals surface area contributed by atoms with Gasteiger partial charge in [-0.15, -0.1) is 12.4 Å². The maximum atomic E-state index is 14.3. The Bertz CT molecular complexity index is 1210. The molecule has 0 radical (unpaired) electrons. The summed E-state index contributed by atoms with van der Waals surface area (Å²) in [4.78, 5) is 21.6. The van der Waals surface area contributed by atoms with Gasteiger partial charge in [-0.05, 0) is 54.2 Å². The van der Waals surface area contributed by atoms with Crippen molar-refractivity contribution in [3.8, 4) is 0 Å². The molecular weight excluding hydrogens is 502 g/mol. The van der Waals surface area contributed by atoms with Gasteiger partial charge in [0, 0.05) is 31.4 Å². The van der Waals surface area contributed by atoms with Crippen LogP contribution in [0.15, 0.2) is 72.8 Å². The quantitative estimate of drug-likeness (QED) is 0.334. The Balaban J connectivity index is 0.00000308. The number of rotatable bonds is 4. The number of nitrogens with zero attached hydrogens (tertiary/aromatic N) is 3. The lowest BCUT2D eigenvalue weighted by Gasteiger charge is -2.45. The lowest BCUT2D eigenvalue weighted by atomic mass is 9.84. The van der Waals surface area contributed by atoms with Crippen molar-refractivity contribution in [3.05, 3.63) is 78.4 Å². The molecule has 1 aliphatic carbocycles. The van der Waals surface area contributed by atoms with Crippen LogP contribution in [0.2, 0.25) is 0 Å². The molecule has 39 heavy (non-hydrogen) atoms. The standard InChI is InChI=1S/C34H43N3O.ClH/c38-33-34(22-24-35(25-23-34)30-17-7-4-2-1-3-5-8-18-30)37(31-19-9-6-10-20-31)27-36(33)26-29-16-13-15-28-14-11-12-21-32(28)29;/h6,9-16,19-21,30H,1-5,7-8,17-18,22-27H2;1H. The van der Waals surface area contributed by atoms with E-state index in [9.17, 15) is 4.79 Å². The van der Waals surface area contributed by atoms with Gasteiger partial charge >= 0.3 is 0 Å². The number of hydrogen-bond acceptors (Lipinski definition) is 3. The van der Waals surface area contributed by atoms with Crippen molar-refractivity contribution in [2.45, 2.75) is 88.8 Å². The molecule has 3 aliphatic rings. The number of fused-ring (bicyclic) bond motifs is 1. The molecule has 2 aliphatic heterocycles. The summed E-state index contributed by atoms with van der Waals surface area (Å²) in [5.74, 6) is 0.319. The summed E-state index contributed by atoms with van der Waals surface area (Å²) in [6.45, 7) is 3.39. The first kappa shape index (κ1) is 28.0. The molecule has 1 amide bonds. The van der Waals surface area contributed by atoms with Gasteiger partial charge < -0.3 is 14.7 Å². The zero-order valence-corrected chi connectivity index (χ0v) is 24.1. The molecule has 3 aromatic carbocycles. The topological polar surface area (TPSA) is 26.8 Å². The Hall–Kier alpha value is -2.56. The predicted octanol–water partition coefficient (Wildman–Crippen LogP) is 7.80. The minimum Gasteiger partial charge on any atom is -0.339 e. The van der Waals surface area contributed by atoms with Crippen LogP contribution in [-0.2, 0) is 11.3 Å². The fraction of sp³-hybridized carbons (Fsp3) is 0.500. The molecule has 3 aromatic rings. The van der Waals surface area contributed by atoms with Crippen LogP contribution >= 0.6 is 12.4 Å². The molecule has 0 atom stereocenters. The fourth-order valence-electron chi connectivity index (χ4n) is 7.37. The highest BCUT2D eigenvalue weighted by atomic mass is 35.5. The fourth-order valence-corrected chi connectivity index (χ4v) is 7.37. The number of benzene rings is 3. The second-order valence-corrected chi connectivity index (χ2v) is 11.8. The van der Waals surface area contributed by atoms with E-state index in [0.29, 0.717) is 25.2 Å². The largest absolute Gasteiger partial charge is 0.339 e. The van der Waals surface area contributed by atoms with E-state index in [1.807, 2.05) is 0 Å². The molecule has 1 spiro atoms. The third-order valence-electron chi connectivity index (χ3n) is 9.54. The lowest BCUT2D eigenvalue weighted by Crippen LogP contribution is -2.58. The molecule has 1 saturated carbocycles. The van der Waals surface area contributed by atoms with Crippen LogP contribution in [0.4, 0.5) is 5.69 Å². The molecule has 2 heterocycles. The summed E-state index contributed by atoms with van der Waals surface area (Å²) in [7, 11) is 0. The zero-order chi connectivity index (χ0) is 25.8. The molecule has 0 aromatic heterocycles. The van der Waals surface area contributed by atoms with E-state index in [0.717, 1.165) is 25.9 Å². The van der Waals surface area contributed by atoms with Crippen LogP contribution in [0.5, 0.6) is 0 Å². The number of piperidine rings is 1. The monoisotopic (exact) mass is 545 g/mol. The molecule has 0 N–H and O–H groups in total. The molecule has 4 nitrogen and oxygen atoms in total. The maximum Gasteiger partial charge on any atom is 0.250 e. The molecule has 5 heteroatoms. The van der Waals surface area contributed by atoms with E-state index in [-0.39, 0.29) is 12.4 Å². The van der Waals surface area contributed by atoms with Gasteiger partial charge in [-0.25, -0.2) is 0 Å². The average molecular weight is 546 g/mol. The van der Waals surface area contributed by atoms with Crippen molar-refractivity contribution in [3.63, 3.8) is 0 Å². The van der Waals surface area contributed by atoms with Crippen molar-refractivity contribution in [1.29, 1.82) is 0 Å². The first-order valence-electron chi connectivity index (χ1n) is 15.1. The van der Waals surface area contributed by atoms with Crippen molar-refractivity contribution in [2.24, 2.45) is 0 Å². The van der Waals surface area contributed by atoms with Crippen molar-refractivity contribution in [2.75, 3.05) is 24.7 Å². The molecule has 0 bridgehead atoms. The van der Waals surface area contributed by atoms with Gasteiger partial charge in [-0.1, -0.05) is 106 Å². The lowest BCUT2D eigenvalue weighted by molar-refractivity contribution is -0.134. The second kappa shape index (κ2) is 12.7. The molecule has 6 rings (SSSR count). The third-order valence-corrected chi connectivity index (χ3v) is 9.54. The van der Waals surface area contributed by atoms with Gasteiger partial charge in [0.1, 0.15) is 5.54 Å². The Morgan fingerprint density at radius 2 is 1.33 bits per heavy atom. The number of amides is 1. The third kappa shape index (κ3) is 5.83. The molecule has 2 saturated heterocycles. The maximum absolute atomic E-state index is 14.3. The summed E-state index contributed by atoms with van der Waals surface area (Å²) < 4.78 is 0. The highest BCUT2D eigenvalue weighted by Gasteiger charge is 2.54. The van der Waals surface area contributed by atoms with E-state index in [1.165, 1.54) is 79.8 Å². The Morgan fingerprint density at radius 1 is 0.718 bits per heavy atom. The molecular formula is C34H44ClN3O. The average Bonchev–Trinajstić information content (AvgIpc) is 3.23. The van der Waals surface area contributed by atoms with Gasteiger partial charge in [0.15, 0.2) is 0 Å². The van der Waals surface area contributed by atoms with Crippen LogP contribution in [0.3, 0.4) is 0 Å². The smallest absolute Gasteiger partial charge is 0.250 e. The minimum atomic E-state index is -0.432. The van der Waals surface area contributed by atoms with Gasteiger partial charge in [0.25, 0.3) is 0 Å². The number of hydrogen-bond donors (Lipinski definition) is 0. The van der Waals surface area contributed by atoms with E-state index in [2.05, 4.69) is 87.5 Å². The van der Waals surface area contributed by atoms with E-state index >= 15 is 0 Å². The highest BCUT2D eigenvalue weighted by molar-refractivity contribution is 5.94. The van der Waals surface area contributed by atoms with Crippen LogP contribution < -0.4 is 4.90 Å². The van der Waals surface area contributed by atoms with Crippen molar-refractivity contribution in [1.82, 2.24) is 9.80 Å². The summed E-state index contributed by atoms with van der Waals surface area (Å²) in [6.07, 6.45) is 14.2. The van der Waals surface area contributed by atoms with Crippen LogP contribution in [0.25, 0.3) is 10.8 Å². The number of likely N-dealkylation sites (tertiary alicyclic amines) is 1.